The first-order chi connectivity index (χ1) is 31.0. The Morgan fingerprint density at radius 3 is 1.84 bits per heavy atom. The van der Waals surface area contributed by atoms with Crippen LogP contribution < -0.4 is 35.5 Å². The van der Waals surface area contributed by atoms with Crippen molar-refractivity contribution in [1.82, 2.24) is 0 Å². The molecule has 11 nitrogen and oxygen atoms in total. The number of hydrogen-bond acceptors (Lipinski definition) is 7. The monoisotopic (exact) mass is 848 g/mol. The maximum absolute atomic E-state index is 12.7. The number of benzene rings is 7. The van der Waals surface area contributed by atoms with Crippen LogP contribution in [0.2, 0.25) is 0 Å². The first kappa shape index (κ1) is 42.3. The molecule has 7 aromatic carbocycles. The molecule has 318 valence electrons. The normalized spacial score (nSPS) is 13.6. The van der Waals surface area contributed by atoms with Crippen LogP contribution >= 0.6 is 0 Å². The van der Waals surface area contributed by atoms with Crippen molar-refractivity contribution in [2.45, 2.75) is 13.8 Å². The molecular weight excluding hydrogens is 805 g/mol. The third-order valence-corrected chi connectivity index (χ3v) is 10.8. The quantitative estimate of drug-likeness (QED) is 0.106. The number of fused-ring (bicyclic) bond motifs is 3. The van der Waals surface area contributed by atoms with Crippen molar-refractivity contribution in [2.24, 2.45) is 0 Å². The number of methoxy groups -OCH3 is 3. The highest BCUT2D eigenvalue weighted by Gasteiger charge is 2.26. The van der Waals surface area contributed by atoms with Crippen LogP contribution in [0, 0.1) is 0 Å². The maximum Gasteiger partial charge on any atom is 0.256 e. The molecule has 0 bridgehead atoms. The van der Waals surface area contributed by atoms with Crippen LogP contribution in [0.5, 0.6) is 17.2 Å². The van der Waals surface area contributed by atoms with E-state index in [2.05, 4.69) is 51.6 Å². The van der Waals surface area contributed by atoms with Gasteiger partial charge in [0, 0.05) is 58.7 Å². The van der Waals surface area contributed by atoms with Crippen molar-refractivity contribution >= 4 is 80.4 Å². The Bertz CT molecular complexity index is 3080. The summed E-state index contributed by atoms with van der Waals surface area (Å²) in [5, 5.41) is 13.6. The highest BCUT2D eigenvalue weighted by molar-refractivity contribution is 6.36. The van der Waals surface area contributed by atoms with Gasteiger partial charge in [-0.15, -0.1) is 0 Å². The van der Waals surface area contributed by atoms with Crippen LogP contribution in [0.3, 0.4) is 0 Å². The standard InChI is InChI=1S/C27H21NO3.C26H23N3O4/c1-30-25-15-20(14-23-21-9-5-6-10-24(21)28-27(23)29)22(16-26(25)31-2)19-12-11-17-7-3-4-8-18(17)13-19;1-15(30)27-19-6-4-5-18(13-19)22-11-17(7-10-25(22)33-3)12-23-21-9-8-20(28-16(2)31)14-24(21)29-26(23)32/h3-16H,1-2H3,(H,28,29);4-14H,1-3H3,(H,27,30)(H,28,31)(H,29,32). The molecule has 0 fully saturated rings. The molecule has 0 aromatic heterocycles. The van der Waals surface area contributed by atoms with E-state index in [1.54, 1.807) is 33.5 Å². The second kappa shape index (κ2) is 18.3. The van der Waals surface area contributed by atoms with E-state index in [1.165, 1.54) is 19.2 Å². The topological polar surface area (TPSA) is 144 Å². The summed E-state index contributed by atoms with van der Waals surface area (Å²) in [5.74, 6) is 1.28. The van der Waals surface area contributed by atoms with Gasteiger partial charge in [0.25, 0.3) is 11.8 Å². The third kappa shape index (κ3) is 8.95. The molecule has 4 amide bonds. The van der Waals surface area contributed by atoms with E-state index in [-0.39, 0.29) is 23.6 Å². The average molecular weight is 849 g/mol. The summed E-state index contributed by atoms with van der Waals surface area (Å²) in [5.41, 5.74) is 11.0. The Labute approximate surface area is 370 Å². The molecule has 0 saturated heterocycles. The molecule has 0 radical (unpaired) electrons. The Kier molecular flexibility index (Phi) is 12.1. The number of carbonyl (C=O) groups is 4. The lowest BCUT2D eigenvalue weighted by Gasteiger charge is -2.14. The summed E-state index contributed by atoms with van der Waals surface area (Å²) in [6, 6.07) is 44.7. The Hall–Kier alpha value is -8.44. The Morgan fingerprint density at radius 1 is 0.484 bits per heavy atom. The number of amides is 4. The Balaban J connectivity index is 0.000000175. The summed E-state index contributed by atoms with van der Waals surface area (Å²) in [4.78, 5) is 48.1. The molecular formula is C53H44N4O7. The van der Waals surface area contributed by atoms with Crippen molar-refractivity contribution in [3.8, 4) is 39.5 Å². The molecule has 0 saturated carbocycles. The summed E-state index contributed by atoms with van der Waals surface area (Å²) in [7, 11) is 4.84. The lowest BCUT2D eigenvalue weighted by molar-refractivity contribution is -0.115. The molecule has 0 atom stereocenters. The minimum atomic E-state index is -0.213. The van der Waals surface area contributed by atoms with Gasteiger partial charge in [0.2, 0.25) is 11.8 Å². The summed E-state index contributed by atoms with van der Waals surface area (Å²) >= 11 is 0. The van der Waals surface area contributed by atoms with Gasteiger partial charge in [0.05, 0.1) is 27.0 Å². The predicted octanol–water partition coefficient (Wildman–Crippen LogP) is 10.8. The first-order valence-corrected chi connectivity index (χ1v) is 20.4. The number of nitrogens with one attached hydrogen (secondary N) is 4. The molecule has 2 aliphatic heterocycles. The van der Waals surface area contributed by atoms with Crippen molar-refractivity contribution in [3.05, 3.63) is 162 Å². The van der Waals surface area contributed by atoms with Crippen LogP contribution in [-0.2, 0) is 19.2 Å². The molecule has 2 aliphatic rings. The smallest absolute Gasteiger partial charge is 0.256 e. The molecule has 64 heavy (non-hydrogen) atoms. The predicted molar refractivity (Wildman–Crippen MR) is 255 cm³/mol. The van der Waals surface area contributed by atoms with E-state index < -0.39 is 0 Å². The van der Waals surface area contributed by atoms with E-state index in [0.717, 1.165) is 55.6 Å². The van der Waals surface area contributed by atoms with E-state index in [0.29, 0.717) is 45.5 Å². The number of hydrogen-bond donors (Lipinski definition) is 4. The molecule has 0 unspecified atom stereocenters. The molecule has 0 spiro atoms. The van der Waals surface area contributed by atoms with Crippen molar-refractivity contribution in [2.75, 3.05) is 42.6 Å². The second-order valence-electron chi connectivity index (χ2n) is 15.1. The van der Waals surface area contributed by atoms with Crippen LogP contribution in [0.4, 0.5) is 22.7 Å². The number of para-hydroxylation sites is 1. The second-order valence-corrected chi connectivity index (χ2v) is 15.1. The van der Waals surface area contributed by atoms with E-state index in [9.17, 15) is 19.2 Å². The Morgan fingerprint density at radius 2 is 1.11 bits per heavy atom. The summed E-state index contributed by atoms with van der Waals surface area (Å²) < 4.78 is 16.7. The molecule has 0 aliphatic carbocycles. The van der Waals surface area contributed by atoms with E-state index in [1.807, 2.05) is 109 Å². The lowest BCUT2D eigenvalue weighted by Crippen LogP contribution is -2.06. The maximum atomic E-state index is 12.7. The summed E-state index contributed by atoms with van der Waals surface area (Å²) in [6.45, 7) is 2.90. The highest BCUT2D eigenvalue weighted by Crippen LogP contribution is 2.41. The zero-order chi connectivity index (χ0) is 44.9. The molecule has 7 aromatic rings. The van der Waals surface area contributed by atoms with Gasteiger partial charge in [-0.3, -0.25) is 19.2 Å². The molecule has 4 N–H and O–H groups in total. The van der Waals surface area contributed by atoms with Crippen molar-refractivity contribution in [1.29, 1.82) is 0 Å². The SMILES string of the molecule is COc1cc(C=C2C(=O)Nc3ccccc32)c(-c2ccc3ccccc3c2)cc1OC.COc1ccc(C=C2C(=O)Nc3cc(NC(C)=O)ccc32)cc1-c1cccc(NC(C)=O)c1. The van der Waals surface area contributed by atoms with Gasteiger partial charge in [-0.2, -0.15) is 0 Å². The largest absolute Gasteiger partial charge is 0.496 e. The fourth-order valence-electron chi connectivity index (χ4n) is 7.85. The number of carbonyl (C=O) groups excluding carboxylic acids is 4. The number of anilines is 4. The van der Waals surface area contributed by atoms with Gasteiger partial charge >= 0.3 is 0 Å². The fourth-order valence-corrected chi connectivity index (χ4v) is 7.85. The minimum Gasteiger partial charge on any atom is -0.496 e. The number of rotatable bonds is 9. The van der Waals surface area contributed by atoms with Crippen molar-refractivity contribution in [3.63, 3.8) is 0 Å². The van der Waals surface area contributed by atoms with Gasteiger partial charge in [-0.1, -0.05) is 78.9 Å². The zero-order valence-electron chi connectivity index (χ0n) is 35.8. The van der Waals surface area contributed by atoms with Gasteiger partial charge < -0.3 is 35.5 Å². The van der Waals surface area contributed by atoms with Crippen LogP contribution in [-0.4, -0.2) is 45.0 Å². The van der Waals surface area contributed by atoms with Crippen molar-refractivity contribution < 1.29 is 33.4 Å². The highest BCUT2D eigenvalue weighted by atomic mass is 16.5. The number of ether oxygens (including phenoxy) is 3. The minimum absolute atomic E-state index is 0.111. The molecule has 9 rings (SSSR count). The average Bonchev–Trinajstić information content (AvgIpc) is 3.78. The van der Waals surface area contributed by atoms with Gasteiger partial charge in [0.1, 0.15) is 5.75 Å². The van der Waals surface area contributed by atoms with Crippen LogP contribution in [0.25, 0.3) is 56.3 Å². The van der Waals surface area contributed by atoms with E-state index in [4.69, 9.17) is 14.2 Å². The van der Waals surface area contributed by atoms with Crippen LogP contribution in [0.15, 0.2) is 140 Å². The molecule has 2 heterocycles. The van der Waals surface area contributed by atoms with Gasteiger partial charge in [0.15, 0.2) is 11.5 Å². The first-order valence-electron chi connectivity index (χ1n) is 20.4. The third-order valence-electron chi connectivity index (χ3n) is 10.8. The molecule has 11 heteroatoms. The van der Waals surface area contributed by atoms with Gasteiger partial charge in [-0.25, -0.2) is 0 Å². The fraction of sp³-hybridized carbons (Fsp3) is 0.0943. The lowest BCUT2D eigenvalue weighted by atomic mass is 9.94. The zero-order valence-corrected chi connectivity index (χ0v) is 35.8. The van der Waals surface area contributed by atoms with Gasteiger partial charge in [-0.05, 0) is 111 Å². The summed E-state index contributed by atoms with van der Waals surface area (Å²) in [6.07, 6.45) is 3.74. The van der Waals surface area contributed by atoms with Crippen LogP contribution in [0.1, 0.15) is 36.1 Å². The van der Waals surface area contributed by atoms with E-state index >= 15 is 0 Å².